The average Bonchev–Trinajstić information content (AvgIpc) is 4.00. The molecule has 9 aromatic carbocycles. The minimum absolute atomic E-state index is 0.613. The lowest BCUT2D eigenvalue weighted by Crippen LogP contribution is -2.10. The summed E-state index contributed by atoms with van der Waals surface area (Å²) in [7, 11) is 0. The first-order valence-corrected chi connectivity index (χ1v) is 19.5. The molecule has 0 amide bonds. The number of benzene rings is 9. The van der Waals surface area contributed by atoms with E-state index >= 15 is 0 Å². The van der Waals surface area contributed by atoms with Crippen LogP contribution in [0.5, 0.6) is 0 Å². The summed E-state index contributed by atoms with van der Waals surface area (Å²) in [5.41, 5.74) is 13.0. The van der Waals surface area contributed by atoms with Gasteiger partial charge in [0.2, 0.25) is 5.89 Å². The molecule has 12 rings (SSSR count). The fourth-order valence-electron chi connectivity index (χ4n) is 8.71. The molecule has 12 aromatic rings. The summed E-state index contributed by atoms with van der Waals surface area (Å²) in [4.78, 5) is 7.36. The van der Waals surface area contributed by atoms with Gasteiger partial charge in [0, 0.05) is 60.8 Å². The Kier molecular flexibility index (Phi) is 7.16. The van der Waals surface area contributed by atoms with Crippen LogP contribution in [0, 0.1) is 0 Å². The smallest absolute Gasteiger partial charge is 0.227 e. The number of fused-ring (bicyclic) bond motifs is 9. The van der Waals surface area contributed by atoms with E-state index in [1.165, 1.54) is 21.8 Å². The Morgan fingerprint density at radius 2 is 1.00 bits per heavy atom. The lowest BCUT2D eigenvalue weighted by Gasteiger charge is -2.26. The van der Waals surface area contributed by atoms with Gasteiger partial charge in [0.25, 0.3) is 0 Å². The lowest BCUT2D eigenvalue weighted by molar-refractivity contribution is 0.621. The van der Waals surface area contributed by atoms with E-state index in [4.69, 9.17) is 13.8 Å². The SMILES string of the molecule is c1ccc(-c2nc3c(o2)c(-c2ccc(N(c4ccc(-n5c6ccccc6c6ccccc65)cc4)c4ccc5oc6ccccc6c5c4)cc2)cc2ccccc23)cc1. The monoisotopic (exact) mass is 743 g/mol. The normalized spacial score (nSPS) is 11.8. The summed E-state index contributed by atoms with van der Waals surface area (Å²) >= 11 is 0. The van der Waals surface area contributed by atoms with Crippen LogP contribution < -0.4 is 4.90 Å². The van der Waals surface area contributed by atoms with Crippen LogP contribution in [0.2, 0.25) is 0 Å². The van der Waals surface area contributed by atoms with Crippen molar-refractivity contribution in [3.05, 3.63) is 200 Å². The first-order chi connectivity index (χ1) is 28.7. The van der Waals surface area contributed by atoms with Gasteiger partial charge in [0.05, 0.1) is 11.0 Å². The molecule has 272 valence electrons. The van der Waals surface area contributed by atoms with E-state index < -0.39 is 0 Å². The topological polar surface area (TPSA) is 47.3 Å². The van der Waals surface area contributed by atoms with Crippen molar-refractivity contribution in [3.8, 4) is 28.3 Å². The van der Waals surface area contributed by atoms with Gasteiger partial charge in [-0.2, -0.15) is 0 Å². The maximum atomic E-state index is 6.60. The Labute approximate surface area is 333 Å². The summed E-state index contributed by atoms with van der Waals surface area (Å²) in [5, 5.41) is 6.85. The number of aromatic nitrogens is 2. The molecule has 5 nitrogen and oxygen atoms in total. The number of nitrogens with zero attached hydrogens (tertiary/aromatic N) is 3. The van der Waals surface area contributed by atoms with Crippen molar-refractivity contribution in [2.45, 2.75) is 0 Å². The molecule has 0 radical (unpaired) electrons. The number of para-hydroxylation sites is 3. The zero-order valence-corrected chi connectivity index (χ0v) is 31.2. The molecule has 0 N–H and O–H groups in total. The summed E-state index contributed by atoms with van der Waals surface area (Å²) < 4.78 is 15.2. The summed E-state index contributed by atoms with van der Waals surface area (Å²) in [6.45, 7) is 0. The second-order valence-electron chi connectivity index (χ2n) is 14.8. The second-order valence-corrected chi connectivity index (χ2v) is 14.8. The largest absolute Gasteiger partial charge is 0.456 e. The highest BCUT2D eigenvalue weighted by molar-refractivity contribution is 6.11. The maximum Gasteiger partial charge on any atom is 0.227 e. The summed E-state index contributed by atoms with van der Waals surface area (Å²) in [6.07, 6.45) is 0. The van der Waals surface area contributed by atoms with Crippen molar-refractivity contribution in [1.29, 1.82) is 0 Å². The molecule has 3 heterocycles. The minimum atomic E-state index is 0.613. The van der Waals surface area contributed by atoms with Crippen LogP contribution in [-0.2, 0) is 0 Å². The molecule has 3 aromatic heterocycles. The van der Waals surface area contributed by atoms with Crippen LogP contribution in [0.3, 0.4) is 0 Å². The van der Waals surface area contributed by atoms with Gasteiger partial charge in [-0.15, -0.1) is 0 Å². The summed E-state index contributed by atoms with van der Waals surface area (Å²) in [5.74, 6) is 0.613. The van der Waals surface area contributed by atoms with Crippen molar-refractivity contribution < 1.29 is 8.83 Å². The van der Waals surface area contributed by atoms with Crippen molar-refractivity contribution in [2.75, 3.05) is 4.90 Å². The van der Waals surface area contributed by atoms with Crippen LogP contribution in [-0.4, -0.2) is 9.55 Å². The van der Waals surface area contributed by atoms with E-state index in [0.29, 0.717) is 5.89 Å². The number of anilines is 3. The highest BCUT2D eigenvalue weighted by Gasteiger charge is 2.20. The van der Waals surface area contributed by atoms with E-state index in [1.54, 1.807) is 0 Å². The van der Waals surface area contributed by atoms with E-state index in [0.717, 1.165) is 83.3 Å². The standard InChI is InChI=1S/C53H33N3O2/c1-2-12-35(13-3-1)53-54-51-41-15-5-4-14-36(41)32-45(52(51)58-53)34-22-24-37(25-23-34)55(40-30-31-50-46(33-40)44-18-8-11-21-49(44)57-50)38-26-28-39(29-27-38)56-47-19-9-6-16-42(47)43-17-7-10-20-48(43)56/h1-33H. The third kappa shape index (κ3) is 5.07. The fraction of sp³-hybridized carbons (Fsp3) is 0. The molecule has 0 aliphatic rings. The third-order valence-electron chi connectivity index (χ3n) is 11.4. The molecule has 0 unspecified atom stereocenters. The molecule has 0 bridgehead atoms. The molecule has 5 heteroatoms. The molecule has 58 heavy (non-hydrogen) atoms. The van der Waals surface area contributed by atoms with Gasteiger partial charge < -0.3 is 18.3 Å². The number of hydrogen-bond donors (Lipinski definition) is 0. The minimum Gasteiger partial charge on any atom is -0.456 e. The Balaban J connectivity index is 1.00. The molecular formula is C53H33N3O2. The van der Waals surface area contributed by atoms with Crippen LogP contribution >= 0.6 is 0 Å². The molecule has 0 saturated heterocycles. The second kappa shape index (κ2) is 12.8. The van der Waals surface area contributed by atoms with Crippen LogP contribution in [0.4, 0.5) is 17.1 Å². The number of oxazole rings is 1. The van der Waals surface area contributed by atoms with Crippen molar-refractivity contribution >= 4 is 82.7 Å². The molecule has 0 spiro atoms. The molecule has 0 aliphatic heterocycles. The number of furan rings is 1. The van der Waals surface area contributed by atoms with E-state index in [2.05, 4.69) is 167 Å². The predicted octanol–water partition coefficient (Wildman–Crippen LogP) is 14.8. The van der Waals surface area contributed by atoms with Crippen LogP contribution in [0.1, 0.15) is 0 Å². The zero-order valence-electron chi connectivity index (χ0n) is 31.2. The quantitative estimate of drug-likeness (QED) is 0.170. The number of rotatable bonds is 6. The molecule has 0 aliphatic carbocycles. The molecule has 0 saturated carbocycles. The van der Waals surface area contributed by atoms with E-state index in [-0.39, 0.29) is 0 Å². The molecule has 0 atom stereocenters. The Bertz CT molecular complexity index is 3450. The highest BCUT2D eigenvalue weighted by atomic mass is 16.3. The Morgan fingerprint density at radius 1 is 0.414 bits per heavy atom. The van der Waals surface area contributed by atoms with Gasteiger partial charge in [0.15, 0.2) is 5.58 Å². The molecular weight excluding hydrogens is 711 g/mol. The van der Waals surface area contributed by atoms with Crippen LogP contribution in [0.15, 0.2) is 209 Å². The van der Waals surface area contributed by atoms with Gasteiger partial charge in [-0.25, -0.2) is 4.98 Å². The van der Waals surface area contributed by atoms with Gasteiger partial charge in [-0.3, -0.25) is 0 Å². The van der Waals surface area contributed by atoms with E-state index in [1.807, 2.05) is 42.5 Å². The van der Waals surface area contributed by atoms with Gasteiger partial charge in [-0.05, 0) is 102 Å². The first-order valence-electron chi connectivity index (χ1n) is 19.5. The van der Waals surface area contributed by atoms with Crippen molar-refractivity contribution in [2.24, 2.45) is 0 Å². The van der Waals surface area contributed by atoms with Crippen molar-refractivity contribution in [3.63, 3.8) is 0 Å². The predicted molar refractivity (Wildman–Crippen MR) is 239 cm³/mol. The van der Waals surface area contributed by atoms with Crippen molar-refractivity contribution in [1.82, 2.24) is 9.55 Å². The fourth-order valence-corrected chi connectivity index (χ4v) is 8.71. The Morgan fingerprint density at radius 3 is 1.74 bits per heavy atom. The highest BCUT2D eigenvalue weighted by Crippen LogP contribution is 2.42. The zero-order chi connectivity index (χ0) is 38.2. The number of hydrogen-bond acceptors (Lipinski definition) is 4. The third-order valence-corrected chi connectivity index (χ3v) is 11.4. The van der Waals surface area contributed by atoms with Gasteiger partial charge in [0.1, 0.15) is 16.7 Å². The van der Waals surface area contributed by atoms with Gasteiger partial charge in [-0.1, -0.05) is 109 Å². The van der Waals surface area contributed by atoms with Crippen LogP contribution in [0.25, 0.3) is 93.9 Å². The summed E-state index contributed by atoms with van der Waals surface area (Å²) in [6, 6.07) is 70.3. The Hall–Kier alpha value is -7.89. The molecule has 0 fully saturated rings. The maximum absolute atomic E-state index is 6.60. The average molecular weight is 744 g/mol. The first kappa shape index (κ1) is 32.4. The van der Waals surface area contributed by atoms with E-state index in [9.17, 15) is 0 Å². The lowest BCUT2D eigenvalue weighted by atomic mass is 9.99. The van der Waals surface area contributed by atoms with Gasteiger partial charge >= 0.3 is 0 Å².